The van der Waals surface area contributed by atoms with Crippen molar-refractivity contribution in [3.05, 3.63) is 60.7 Å². The molecule has 144 valence electrons. The summed E-state index contributed by atoms with van der Waals surface area (Å²) < 4.78 is 6.60. The molecule has 1 fully saturated rings. The van der Waals surface area contributed by atoms with Gasteiger partial charge in [-0.05, 0) is 57.9 Å². The van der Waals surface area contributed by atoms with Gasteiger partial charge in [-0.15, -0.1) is 0 Å². The van der Waals surface area contributed by atoms with Crippen molar-refractivity contribution in [1.82, 2.24) is 0 Å². The van der Waals surface area contributed by atoms with E-state index in [-0.39, 0.29) is 22.2 Å². The summed E-state index contributed by atoms with van der Waals surface area (Å²) in [6.07, 6.45) is 1.66. The van der Waals surface area contributed by atoms with E-state index in [0.717, 1.165) is 0 Å². The second kappa shape index (κ2) is 7.99. The maximum Gasteiger partial charge on any atom is 0.201 e. The molecule has 0 radical (unpaired) electrons. The summed E-state index contributed by atoms with van der Waals surface area (Å²) in [4.78, 5) is 25.9. The Morgan fingerprint density at radius 3 is 1.85 bits per heavy atom. The van der Waals surface area contributed by atoms with Crippen molar-refractivity contribution in [3.8, 4) is 0 Å². The zero-order chi connectivity index (χ0) is 19.5. The fourth-order valence-corrected chi connectivity index (χ4v) is 7.50. The highest BCUT2D eigenvalue weighted by Crippen LogP contribution is 2.71. The third kappa shape index (κ3) is 3.87. The van der Waals surface area contributed by atoms with Crippen molar-refractivity contribution in [2.45, 2.75) is 54.6 Å². The molecular weight excluding hydrogens is 356 g/mol. The first kappa shape index (κ1) is 19.8. The van der Waals surface area contributed by atoms with Gasteiger partial charge in [0.2, 0.25) is 5.78 Å². The highest BCUT2D eigenvalue weighted by molar-refractivity contribution is 8.31. The monoisotopic (exact) mass is 384 g/mol. The van der Waals surface area contributed by atoms with Crippen LogP contribution in [0, 0.1) is 5.92 Å². The van der Waals surface area contributed by atoms with Crippen LogP contribution in [0.25, 0.3) is 0 Å². The van der Waals surface area contributed by atoms with Crippen molar-refractivity contribution in [2.75, 3.05) is 6.61 Å². The van der Waals surface area contributed by atoms with Gasteiger partial charge in [-0.2, -0.15) is 0 Å². The van der Waals surface area contributed by atoms with Crippen LogP contribution in [0.4, 0.5) is 0 Å². The molecule has 1 aliphatic carbocycles. The fourth-order valence-electron chi connectivity index (χ4n) is 3.76. The lowest BCUT2D eigenvalue weighted by molar-refractivity contribution is -0.135. The Morgan fingerprint density at radius 2 is 1.44 bits per heavy atom. The number of carbonyl (C=O) groups excluding carboxylic acids is 2. The van der Waals surface area contributed by atoms with E-state index < -0.39 is 10.3 Å². The van der Waals surface area contributed by atoms with E-state index in [9.17, 15) is 9.59 Å². The van der Waals surface area contributed by atoms with Crippen molar-refractivity contribution < 1.29 is 13.8 Å². The van der Waals surface area contributed by atoms with Gasteiger partial charge in [-0.3, -0.25) is 9.59 Å². The minimum atomic E-state index is -1.79. The maximum absolute atomic E-state index is 12.0. The highest BCUT2D eigenvalue weighted by Gasteiger charge is 2.42. The molecule has 0 N–H and O–H groups in total. The summed E-state index contributed by atoms with van der Waals surface area (Å²) in [5, 5.41) is 0. The van der Waals surface area contributed by atoms with Gasteiger partial charge in [0, 0.05) is 26.9 Å². The van der Waals surface area contributed by atoms with Crippen molar-refractivity contribution in [2.24, 2.45) is 5.92 Å². The summed E-state index contributed by atoms with van der Waals surface area (Å²) in [6.45, 7) is 7.12. The average Bonchev–Trinajstić information content (AvgIpc) is 2.98. The Morgan fingerprint density at radius 1 is 0.926 bits per heavy atom. The lowest BCUT2D eigenvalue weighted by atomic mass is 10.0. The first-order chi connectivity index (χ1) is 12.9. The Balaban J connectivity index is 1.94. The molecule has 0 aliphatic heterocycles. The van der Waals surface area contributed by atoms with Crippen LogP contribution < -0.4 is 0 Å². The van der Waals surface area contributed by atoms with E-state index in [1.54, 1.807) is 0 Å². The molecule has 0 bridgehead atoms. The molecule has 0 amide bonds. The van der Waals surface area contributed by atoms with Gasteiger partial charge in [-0.1, -0.05) is 46.7 Å². The SMILES string of the molecule is CC(C)(C)S(OCCC1CCC(=O)C1=O)(c1ccccc1)c1ccccc1. The van der Waals surface area contributed by atoms with Crippen LogP contribution in [0.5, 0.6) is 0 Å². The van der Waals surface area contributed by atoms with E-state index >= 15 is 0 Å². The van der Waals surface area contributed by atoms with E-state index in [1.807, 2.05) is 36.4 Å². The predicted molar refractivity (Wildman–Crippen MR) is 110 cm³/mol. The number of hydrogen-bond donors (Lipinski definition) is 0. The Kier molecular flexibility index (Phi) is 5.87. The molecule has 3 nitrogen and oxygen atoms in total. The summed E-state index contributed by atoms with van der Waals surface area (Å²) in [7, 11) is -1.79. The smallest absolute Gasteiger partial charge is 0.201 e. The molecule has 0 saturated heterocycles. The molecule has 2 aromatic carbocycles. The number of rotatable bonds is 6. The maximum atomic E-state index is 12.0. The lowest BCUT2D eigenvalue weighted by Crippen LogP contribution is -2.28. The lowest BCUT2D eigenvalue weighted by Gasteiger charge is -2.50. The van der Waals surface area contributed by atoms with E-state index in [0.29, 0.717) is 25.9 Å². The first-order valence-corrected chi connectivity index (χ1v) is 11.1. The number of ketones is 2. The van der Waals surface area contributed by atoms with Crippen LogP contribution in [0.15, 0.2) is 70.5 Å². The molecule has 0 heterocycles. The molecule has 2 aromatic rings. The number of benzene rings is 2. The van der Waals surface area contributed by atoms with Crippen LogP contribution in [-0.2, 0) is 13.8 Å². The standard InChI is InChI=1S/C23H28O3S/c1-23(2,3)27(19-10-6-4-7-11-19,20-12-8-5-9-13-20)26-17-16-18-14-15-21(24)22(18)25/h4-13,18H,14-17H2,1-3H3. The van der Waals surface area contributed by atoms with Crippen molar-refractivity contribution in [3.63, 3.8) is 0 Å². The van der Waals surface area contributed by atoms with Gasteiger partial charge in [0.1, 0.15) is 0 Å². The van der Waals surface area contributed by atoms with Gasteiger partial charge in [-0.25, -0.2) is 0 Å². The number of hydrogen-bond acceptors (Lipinski definition) is 3. The molecule has 1 saturated carbocycles. The van der Waals surface area contributed by atoms with E-state index in [2.05, 4.69) is 45.0 Å². The molecule has 1 unspecified atom stereocenters. The van der Waals surface area contributed by atoms with Crippen LogP contribution in [0.2, 0.25) is 0 Å². The summed E-state index contributed by atoms with van der Waals surface area (Å²) in [6, 6.07) is 20.8. The van der Waals surface area contributed by atoms with Crippen LogP contribution in [-0.4, -0.2) is 22.9 Å². The minimum Gasteiger partial charge on any atom is -0.328 e. The van der Waals surface area contributed by atoms with Crippen molar-refractivity contribution >= 4 is 21.9 Å². The Labute approximate surface area is 163 Å². The molecule has 1 aliphatic rings. The minimum absolute atomic E-state index is 0.134. The Hall–Kier alpha value is -1.91. The van der Waals surface area contributed by atoms with Gasteiger partial charge < -0.3 is 4.18 Å². The van der Waals surface area contributed by atoms with Crippen molar-refractivity contribution in [1.29, 1.82) is 0 Å². The average molecular weight is 385 g/mol. The zero-order valence-electron chi connectivity index (χ0n) is 16.3. The van der Waals surface area contributed by atoms with E-state index in [1.165, 1.54) is 9.79 Å². The van der Waals surface area contributed by atoms with Gasteiger partial charge >= 0.3 is 0 Å². The third-order valence-electron chi connectivity index (χ3n) is 5.10. The topological polar surface area (TPSA) is 43.4 Å². The van der Waals surface area contributed by atoms with Gasteiger partial charge in [0.15, 0.2) is 5.78 Å². The molecule has 0 spiro atoms. The quantitative estimate of drug-likeness (QED) is 0.611. The second-order valence-corrected chi connectivity index (χ2v) is 11.4. The highest BCUT2D eigenvalue weighted by atomic mass is 32.3. The first-order valence-electron chi connectivity index (χ1n) is 9.51. The van der Waals surface area contributed by atoms with Crippen LogP contribution >= 0.6 is 10.3 Å². The van der Waals surface area contributed by atoms with Crippen LogP contribution in [0.3, 0.4) is 0 Å². The molecule has 0 aromatic heterocycles. The normalized spacial score (nSPS) is 18.7. The van der Waals surface area contributed by atoms with E-state index in [4.69, 9.17) is 4.18 Å². The summed E-state index contributed by atoms with van der Waals surface area (Å²) in [5.41, 5.74) is 0. The van der Waals surface area contributed by atoms with Gasteiger partial charge in [0.05, 0.1) is 6.61 Å². The molecule has 27 heavy (non-hydrogen) atoms. The zero-order valence-corrected chi connectivity index (χ0v) is 17.1. The molecule has 4 heteroatoms. The predicted octanol–water partition coefficient (Wildman–Crippen LogP) is 5.58. The largest absolute Gasteiger partial charge is 0.328 e. The fraction of sp³-hybridized carbons (Fsp3) is 0.391. The summed E-state index contributed by atoms with van der Waals surface area (Å²) in [5.74, 6) is -0.615. The second-order valence-electron chi connectivity index (χ2n) is 7.93. The molecular formula is C23H28O3S. The number of Topliss-reactive ketones (excluding diaryl/α,β-unsaturated/α-hetero) is 2. The van der Waals surface area contributed by atoms with Gasteiger partial charge in [0.25, 0.3) is 0 Å². The molecule has 3 rings (SSSR count). The Bertz CT molecular complexity index is 754. The number of carbonyl (C=O) groups is 2. The van der Waals surface area contributed by atoms with Crippen LogP contribution in [0.1, 0.15) is 40.0 Å². The molecule has 1 atom stereocenters. The summed E-state index contributed by atoms with van der Waals surface area (Å²) >= 11 is 0. The third-order valence-corrected chi connectivity index (χ3v) is 9.22.